The predicted octanol–water partition coefficient (Wildman–Crippen LogP) is 3.22. The van der Waals surface area contributed by atoms with Gasteiger partial charge in [0.05, 0.1) is 17.2 Å². The number of hydrogen-bond donors (Lipinski definition) is 0. The van der Waals surface area contributed by atoms with E-state index in [0.29, 0.717) is 21.3 Å². The molecule has 164 valence electrons. The van der Waals surface area contributed by atoms with Gasteiger partial charge in [-0.2, -0.15) is 0 Å². The molecule has 1 heterocycles. The Labute approximate surface area is 191 Å². The number of carbonyl (C=O) groups excluding carboxylic acids is 3. The van der Waals surface area contributed by atoms with Crippen molar-refractivity contribution in [3.8, 4) is 0 Å². The van der Waals surface area contributed by atoms with Gasteiger partial charge in [0.15, 0.2) is 0 Å². The number of amides is 3. The maximum absolute atomic E-state index is 13.0. The largest absolute Gasteiger partial charge is 0.383 e. The summed E-state index contributed by atoms with van der Waals surface area (Å²) in [5.74, 6) is -0.921. The topological polar surface area (TPSA) is 70.2 Å². The summed E-state index contributed by atoms with van der Waals surface area (Å²) in [6, 6.07) is 12.0. The summed E-state index contributed by atoms with van der Waals surface area (Å²) in [5, 5.41) is 0.854. The summed E-state index contributed by atoms with van der Waals surface area (Å²) in [6.45, 7) is 2.13. The molecule has 0 atom stereocenters. The van der Waals surface area contributed by atoms with Gasteiger partial charge in [0.1, 0.15) is 19.8 Å². The molecule has 0 aromatic heterocycles. The van der Waals surface area contributed by atoms with E-state index in [0.717, 1.165) is 5.56 Å². The highest BCUT2D eigenvalue weighted by Gasteiger charge is 2.34. The molecule has 3 rings (SSSR count). The minimum absolute atomic E-state index is 0.0663. The van der Waals surface area contributed by atoms with Crippen LogP contribution in [-0.2, 0) is 14.3 Å². The number of hydrogen-bond acceptors (Lipinski definition) is 4. The molecule has 0 radical (unpaired) electrons. The highest BCUT2D eigenvalue weighted by molar-refractivity contribution is 6.33. The van der Waals surface area contributed by atoms with Crippen molar-refractivity contribution in [3.63, 3.8) is 0 Å². The zero-order chi connectivity index (χ0) is 22.5. The number of nitrogens with zero attached hydrogens (tertiary/aromatic N) is 3. The van der Waals surface area contributed by atoms with Crippen LogP contribution in [0.15, 0.2) is 42.5 Å². The average Bonchev–Trinajstić information content (AvgIpc) is 3.14. The number of halogens is 2. The molecule has 1 aliphatic rings. The molecule has 0 N–H and O–H groups in total. The Hall–Kier alpha value is -2.61. The molecule has 0 aliphatic carbocycles. The van der Waals surface area contributed by atoms with Gasteiger partial charge in [0, 0.05) is 24.4 Å². The van der Waals surface area contributed by atoms with Crippen molar-refractivity contribution >= 4 is 46.6 Å². The monoisotopic (exact) mass is 463 g/mol. The standard InChI is InChI=1S/C22H23Cl2N3O4/c1-15-17(23)8-5-9-19(15)27-14-26(13-21(27)29)20(28)12-25(10-11-31-2)22(30)16-6-3-4-7-18(16)24/h3-9H,10-14H2,1-2H3. The molecule has 0 unspecified atom stereocenters. The first-order chi connectivity index (χ1) is 14.8. The van der Waals surface area contributed by atoms with Crippen LogP contribution in [0, 0.1) is 6.92 Å². The van der Waals surface area contributed by atoms with Gasteiger partial charge in [-0.1, -0.05) is 41.4 Å². The van der Waals surface area contributed by atoms with E-state index in [1.807, 2.05) is 6.92 Å². The molecule has 3 amide bonds. The van der Waals surface area contributed by atoms with Crippen LogP contribution in [0.3, 0.4) is 0 Å². The summed E-state index contributed by atoms with van der Waals surface area (Å²) < 4.78 is 5.09. The first-order valence-corrected chi connectivity index (χ1v) is 10.4. The van der Waals surface area contributed by atoms with Crippen LogP contribution in [-0.4, -0.2) is 67.5 Å². The van der Waals surface area contributed by atoms with Crippen LogP contribution in [0.5, 0.6) is 0 Å². The summed E-state index contributed by atoms with van der Waals surface area (Å²) in [4.78, 5) is 42.8. The van der Waals surface area contributed by atoms with Gasteiger partial charge in [-0.15, -0.1) is 0 Å². The Balaban J connectivity index is 1.74. The minimum Gasteiger partial charge on any atom is -0.383 e. The van der Waals surface area contributed by atoms with Crippen molar-refractivity contribution in [2.75, 3.05) is 44.9 Å². The molecule has 1 aliphatic heterocycles. The van der Waals surface area contributed by atoms with Crippen molar-refractivity contribution in [1.82, 2.24) is 9.80 Å². The lowest BCUT2D eigenvalue weighted by Gasteiger charge is -2.25. The third-order valence-electron chi connectivity index (χ3n) is 5.10. The molecule has 0 saturated carbocycles. The van der Waals surface area contributed by atoms with Crippen LogP contribution < -0.4 is 4.90 Å². The van der Waals surface area contributed by atoms with Crippen molar-refractivity contribution in [2.24, 2.45) is 0 Å². The predicted molar refractivity (Wildman–Crippen MR) is 119 cm³/mol. The Morgan fingerprint density at radius 1 is 1.10 bits per heavy atom. The fourth-order valence-electron chi connectivity index (χ4n) is 3.34. The zero-order valence-electron chi connectivity index (χ0n) is 17.3. The second-order valence-corrected chi connectivity index (χ2v) is 7.95. The van der Waals surface area contributed by atoms with Gasteiger partial charge in [-0.05, 0) is 36.8 Å². The normalized spacial score (nSPS) is 13.6. The summed E-state index contributed by atoms with van der Waals surface area (Å²) in [5.41, 5.74) is 1.74. The van der Waals surface area contributed by atoms with E-state index >= 15 is 0 Å². The van der Waals surface area contributed by atoms with Crippen LogP contribution >= 0.6 is 23.2 Å². The second kappa shape index (κ2) is 10.1. The quantitative estimate of drug-likeness (QED) is 0.631. The van der Waals surface area contributed by atoms with Gasteiger partial charge < -0.3 is 14.5 Å². The number of rotatable bonds is 7. The highest BCUT2D eigenvalue weighted by Crippen LogP contribution is 2.28. The van der Waals surface area contributed by atoms with Crippen molar-refractivity contribution in [1.29, 1.82) is 0 Å². The summed E-state index contributed by atoms with van der Waals surface area (Å²) in [6.07, 6.45) is 0. The second-order valence-electron chi connectivity index (χ2n) is 7.14. The molecule has 1 saturated heterocycles. The molecule has 2 aromatic rings. The Kier molecular flexibility index (Phi) is 7.54. The van der Waals surface area contributed by atoms with E-state index in [-0.39, 0.29) is 50.6 Å². The molecular weight excluding hydrogens is 441 g/mol. The van der Waals surface area contributed by atoms with Crippen LogP contribution in [0.1, 0.15) is 15.9 Å². The van der Waals surface area contributed by atoms with Crippen molar-refractivity contribution in [3.05, 3.63) is 63.6 Å². The van der Waals surface area contributed by atoms with E-state index in [1.54, 1.807) is 42.5 Å². The lowest BCUT2D eigenvalue weighted by atomic mass is 10.2. The molecule has 2 aromatic carbocycles. The Morgan fingerprint density at radius 3 is 2.52 bits per heavy atom. The number of ether oxygens (including phenoxy) is 1. The first-order valence-electron chi connectivity index (χ1n) is 9.69. The maximum Gasteiger partial charge on any atom is 0.255 e. The summed E-state index contributed by atoms with van der Waals surface area (Å²) >= 11 is 12.3. The number of carbonyl (C=O) groups is 3. The Morgan fingerprint density at radius 2 is 1.81 bits per heavy atom. The fourth-order valence-corrected chi connectivity index (χ4v) is 3.72. The van der Waals surface area contributed by atoms with E-state index in [9.17, 15) is 14.4 Å². The van der Waals surface area contributed by atoms with E-state index in [1.165, 1.54) is 21.8 Å². The van der Waals surface area contributed by atoms with E-state index < -0.39 is 0 Å². The minimum atomic E-state index is -0.371. The van der Waals surface area contributed by atoms with E-state index in [4.69, 9.17) is 27.9 Å². The summed E-state index contributed by atoms with van der Waals surface area (Å²) in [7, 11) is 1.52. The molecule has 0 bridgehead atoms. The molecule has 1 fully saturated rings. The number of benzene rings is 2. The van der Waals surface area contributed by atoms with Crippen molar-refractivity contribution in [2.45, 2.75) is 6.92 Å². The molecule has 0 spiro atoms. The van der Waals surface area contributed by atoms with E-state index in [2.05, 4.69) is 0 Å². The van der Waals surface area contributed by atoms with Crippen molar-refractivity contribution < 1.29 is 19.1 Å². The fraction of sp³-hybridized carbons (Fsp3) is 0.318. The average molecular weight is 464 g/mol. The molecular formula is C22H23Cl2N3O4. The van der Waals surface area contributed by atoms with Gasteiger partial charge in [0.2, 0.25) is 11.8 Å². The smallest absolute Gasteiger partial charge is 0.255 e. The van der Waals surface area contributed by atoms with Crippen LogP contribution in [0.2, 0.25) is 10.0 Å². The maximum atomic E-state index is 13.0. The van der Waals surface area contributed by atoms with Gasteiger partial charge in [-0.3, -0.25) is 19.3 Å². The highest BCUT2D eigenvalue weighted by atomic mass is 35.5. The lowest BCUT2D eigenvalue weighted by Crippen LogP contribution is -2.44. The third kappa shape index (κ3) is 5.18. The first kappa shape index (κ1) is 23.1. The number of methoxy groups -OCH3 is 1. The molecule has 31 heavy (non-hydrogen) atoms. The van der Waals surface area contributed by atoms with Gasteiger partial charge in [-0.25, -0.2) is 0 Å². The van der Waals surface area contributed by atoms with Crippen LogP contribution in [0.4, 0.5) is 5.69 Å². The third-order valence-corrected chi connectivity index (χ3v) is 5.84. The molecule has 9 heteroatoms. The number of anilines is 1. The SMILES string of the molecule is COCCN(CC(=O)N1CC(=O)N(c2cccc(Cl)c2C)C1)C(=O)c1ccccc1Cl. The Bertz CT molecular complexity index is 998. The van der Waals surface area contributed by atoms with Gasteiger partial charge in [0.25, 0.3) is 5.91 Å². The molecule has 7 nitrogen and oxygen atoms in total. The zero-order valence-corrected chi connectivity index (χ0v) is 18.8. The lowest BCUT2D eigenvalue weighted by molar-refractivity contribution is -0.132. The van der Waals surface area contributed by atoms with Gasteiger partial charge >= 0.3 is 0 Å². The van der Waals surface area contributed by atoms with Crippen LogP contribution in [0.25, 0.3) is 0 Å².